The van der Waals surface area contributed by atoms with E-state index >= 15 is 0 Å². The highest BCUT2D eigenvalue weighted by Crippen LogP contribution is 2.14. The summed E-state index contributed by atoms with van der Waals surface area (Å²) in [5.74, 6) is -0.172. The predicted molar refractivity (Wildman–Crippen MR) is 66.4 cm³/mol. The van der Waals surface area contributed by atoms with E-state index in [-0.39, 0.29) is 5.82 Å². The van der Waals surface area contributed by atoms with E-state index in [1.807, 2.05) is 18.6 Å². The first-order chi connectivity index (χ1) is 8.20. The molecule has 0 bridgehead atoms. The average molecular weight is 233 g/mol. The fraction of sp³-hybridized carbons (Fsp3) is 0.308. The number of hydrogen-bond donors (Lipinski definition) is 1. The largest absolute Gasteiger partial charge is 0.379 e. The zero-order valence-corrected chi connectivity index (χ0v) is 10.1. The third-order valence-electron chi connectivity index (χ3n) is 2.77. The average Bonchev–Trinajstić information content (AvgIpc) is 2.78. The van der Waals surface area contributed by atoms with Crippen LogP contribution in [0.1, 0.15) is 18.2 Å². The second-order valence-electron chi connectivity index (χ2n) is 3.99. The number of nitrogens with one attached hydrogen (secondary N) is 1. The normalized spacial score (nSPS) is 10.5. The molecule has 17 heavy (non-hydrogen) atoms. The standard InChI is InChI=1S/C13H16FN3/c1-3-17-9-15-7-12(17)8-16-11-4-5-13(14)10(2)6-11/h4-7,9,16H,3,8H2,1-2H3. The van der Waals surface area contributed by atoms with E-state index in [0.29, 0.717) is 12.1 Å². The van der Waals surface area contributed by atoms with Crippen LogP contribution in [0.3, 0.4) is 0 Å². The minimum Gasteiger partial charge on any atom is -0.379 e. The maximum atomic E-state index is 13.1. The summed E-state index contributed by atoms with van der Waals surface area (Å²) in [5.41, 5.74) is 2.70. The molecule has 0 radical (unpaired) electrons. The van der Waals surface area contributed by atoms with Gasteiger partial charge < -0.3 is 9.88 Å². The van der Waals surface area contributed by atoms with Crippen molar-refractivity contribution in [1.82, 2.24) is 9.55 Å². The monoisotopic (exact) mass is 233 g/mol. The number of aryl methyl sites for hydroxylation is 2. The lowest BCUT2D eigenvalue weighted by Gasteiger charge is -2.09. The second kappa shape index (κ2) is 4.99. The molecule has 2 aromatic rings. The molecule has 1 N–H and O–H groups in total. The van der Waals surface area contributed by atoms with Gasteiger partial charge in [-0.15, -0.1) is 0 Å². The van der Waals surface area contributed by atoms with Crippen LogP contribution in [0.2, 0.25) is 0 Å². The van der Waals surface area contributed by atoms with Crippen molar-refractivity contribution < 1.29 is 4.39 Å². The van der Waals surface area contributed by atoms with E-state index in [0.717, 1.165) is 17.9 Å². The van der Waals surface area contributed by atoms with Crippen LogP contribution in [0.15, 0.2) is 30.7 Å². The molecule has 1 aromatic heterocycles. The van der Waals surface area contributed by atoms with E-state index in [1.54, 1.807) is 13.0 Å². The summed E-state index contributed by atoms with van der Waals surface area (Å²) in [6, 6.07) is 5.03. The van der Waals surface area contributed by atoms with Gasteiger partial charge in [-0.3, -0.25) is 0 Å². The van der Waals surface area contributed by atoms with Crippen molar-refractivity contribution in [3.8, 4) is 0 Å². The van der Waals surface area contributed by atoms with Crippen LogP contribution < -0.4 is 5.32 Å². The fourth-order valence-electron chi connectivity index (χ4n) is 1.73. The van der Waals surface area contributed by atoms with Crippen molar-refractivity contribution in [2.45, 2.75) is 26.9 Å². The smallest absolute Gasteiger partial charge is 0.126 e. The summed E-state index contributed by atoms with van der Waals surface area (Å²) in [6.07, 6.45) is 3.65. The van der Waals surface area contributed by atoms with Crippen LogP contribution in [0.25, 0.3) is 0 Å². The first-order valence-electron chi connectivity index (χ1n) is 5.69. The van der Waals surface area contributed by atoms with E-state index in [2.05, 4.69) is 21.8 Å². The molecular weight excluding hydrogens is 217 g/mol. The minimum atomic E-state index is -0.172. The van der Waals surface area contributed by atoms with Gasteiger partial charge in [0, 0.05) is 18.4 Å². The summed E-state index contributed by atoms with van der Waals surface area (Å²) in [4.78, 5) is 4.10. The molecule has 0 unspecified atom stereocenters. The van der Waals surface area contributed by atoms with Crippen molar-refractivity contribution in [1.29, 1.82) is 0 Å². The Hall–Kier alpha value is -1.84. The molecule has 1 heterocycles. The number of anilines is 1. The van der Waals surface area contributed by atoms with Crippen molar-refractivity contribution >= 4 is 5.69 Å². The van der Waals surface area contributed by atoms with Crippen molar-refractivity contribution in [2.24, 2.45) is 0 Å². The van der Waals surface area contributed by atoms with Gasteiger partial charge in [-0.1, -0.05) is 0 Å². The Morgan fingerprint density at radius 2 is 2.24 bits per heavy atom. The highest BCUT2D eigenvalue weighted by molar-refractivity contribution is 5.46. The number of imidazole rings is 1. The van der Waals surface area contributed by atoms with Crippen LogP contribution in [-0.4, -0.2) is 9.55 Å². The highest BCUT2D eigenvalue weighted by atomic mass is 19.1. The fourth-order valence-corrected chi connectivity index (χ4v) is 1.73. The number of benzene rings is 1. The molecule has 90 valence electrons. The molecule has 2 rings (SSSR count). The minimum absolute atomic E-state index is 0.172. The number of hydrogen-bond acceptors (Lipinski definition) is 2. The van der Waals surface area contributed by atoms with Gasteiger partial charge in [0.2, 0.25) is 0 Å². The summed E-state index contributed by atoms with van der Waals surface area (Å²) >= 11 is 0. The summed E-state index contributed by atoms with van der Waals surface area (Å²) in [5, 5.41) is 3.26. The van der Waals surface area contributed by atoms with Crippen molar-refractivity contribution in [3.63, 3.8) is 0 Å². The Morgan fingerprint density at radius 3 is 2.94 bits per heavy atom. The third-order valence-corrected chi connectivity index (χ3v) is 2.77. The van der Waals surface area contributed by atoms with Gasteiger partial charge >= 0.3 is 0 Å². The summed E-state index contributed by atoms with van der Waals surface area (Å²) in [6.45, 7) is 5.43. The molecule has 0 aliphatic rings. The van der Waals surface area contributed by atoms with E-state index < -0.39 is 0 Å². The first kappa shape index (κ1) is 11.6. The molecule has 0 amide bonds. The van der Waals surface area contributed by atoms with E-state index in [4.69, 9.17) is 0 Å². The Morgan fingerprint density at radius 1 is 1.41 bits per heavy atom. The Kier molecular flexibility index (Phi) is 3.42. The Labute approximate surface area is 100 Å². The highest BCUT2D eigenvalue weighted by Gasteiger charge is 2.02. The molecule has 4 heteroatoms. The zero-order valence-electron chi connectivity index (χ0n) is 10.1. The lowest BCUT2D eigenvalue weighted by molar-refractivity contribution is 0.618. The Bertz CT molecular complexity index is 505. The van der Waals surface area contributed by atoms with Crippen LogP contribution in [0, 0.1) is 12.7 Å². The molecule has 0 fully saturated rings. The van der Waals surface area contributed by atoms with Crippen LogP contribution in [0.4, 0.5) is 10.1 Å². The number of nitrogens with zero attached hydrogens (tertiary/aromatic N) is 2. The van der Waals surface area contributed by atoms with Gasteiger partial charge in [-0.25, -0.2) is 9.37 Å². The van der Waals surface area contributed by atoms with Gasteiger partial charge in [0.1, 0.15) is 5.82 Å². The molecule has 0 aliphatic carbocycles. The third kappa shape index (κ3) is 2.64. The summed E-state index contributed by atoms with van der Waals surface area (Å²) < 4.78 is 15.2. The van der Waals surface area contributed by atoms with E-state index in [1.165, 1.54) is 6.07 Å². The SMILES string of the molecule is CCn1cncc1CNc1ccc(F)c(C)c1. The molecular formula is C13H16FN3. The van der Waals surface area contributed by atoms with Gasteiger partial charge in [0.05, 0.1) is 18.6 Å². The molecule has 0 saturated carbocycles. The second-order valence-corrected chi connectivity index (χ2v) is 3.99. The van der Waals surface area contributed by atoms with Crippen LogP contribution >= 0.6 is 0 Å². The number of rotatable bonds is 4. The maximum Gasteiger partial charge on any atom is 0.126 e. The molecule has 0 spiro atoms. The van der Waals surface area contributed by atoms with Crippen LogP contribution in [-0.2, 0) is 13.1 Å². The molecule has 0 saturated heterocycles. The predicted octanol–water partition coefficient (Wildman–Crippen LogP) is 2.96. The summed E-state index contributed by atoms with van der Waals surface area (Å²) in [7, 11) is 0. The topological polar surface area (TPSA) is 29.9 Å². The van der Waals surface area contributed by atoms with Crippen molar-refractivity contribution in [3.05, 3.63) is 47.8 Å². The van der Waals surface area contributed by atoms with Crippen molar-refractivity contribution in [2.75, 3.05) is 5.32 Å². The van der Waals surface area contributed by atoms with Gasteiger partial charge in [-0.05, 0) is 37.6 Å². The lowest BCUT2D eigenvalue weighted by atomic mass is 10.2. The molecule has 1 aromatic carbocycles. The zero-order chi connectivity index (χ0) is 12.3. The van der Waals surface area contributed by atoms with Gasteiger partial charge in [0.25, 0.3) is 0 Å². The van der Waals surface area contributed by atoms with Gasteiger partial charge in [0.15, 0.2) is 0 Å². The number of halogens is 1. The maximum absolute atomic E-state index is 13.1. The first-order valence-corrected chi connectivity index (χ1v) is 5.69. The number of aromatic nitrogens is 2. The molecule has 0 atom stereocenters. The quantitative estimate of drug-likeness (QED) is 0.879. The Balaban J connectivity index is 2.05. The lowest BCUT2D eigenvalue weighted by Crippen LogP contribution is -2.06. The van der Waals surface area contributed by atoms with E-state index in [9.17, 15) is 4.39 Å². The molecule has 3 nitrogen and oxygen atoms in total. The molecule has 0 aliphatic heterocycles. The van der Waals surface area contributed by atoms with Crippen LogP contribution in [0.5, 0.6) is 0 Å². The van der Waals surface area contributed by atoms with Gasteiger partial charge in [-0.2, -0.15) is 0 Å².